The first-order chi connectivity index (χ1) is 12.9. The molecule has 0 aromatic heterocycles. The number of nitrogens with one attached hydrogen (secondary N) is 1. The lowest BCUT2D eigenvalue weighted by Gasteiger charge is -2.35. The van der Waals surface area contributed by atoms with Gasteiger partial charge < -0.3 is 5.32 Å². The van der Waals surface area contributed by atoms with Gasteiger partial charge in [0.2, 0.25) is 15.9 Å². The molecular weight excluding hydrogens is 360 g/mol. The molecule has 0 unspecified atom stereocenters. The summed E-state index contributed by atoms with van der Waals surface area (Å²) in [5.74, 6) is 0.534. The van der Waals surface area contributed by atoms with Crippen molar-refractivity contribution in [2.24, 2.45) is 11.3 Å². The van der Waals surface area contributed by atoms with Crippen molar-refractivity contribution >= 4 is 15.9 Å². The number of aryl methyl sites for hydroxylation is 1. The van der Waals surface area contributed by atoms with E-state index in [2.05, 4.69) is 11.4 Å². The Labute approximate surface area is 161 Å². The maximum Gasteiger partial charge on any atom is 0.243 e. The standard InChI is InChI=1S/C21H28N2O3S/c1-16-7-5-6-10-19(16)27(25,26)23-13-11-21(12-14-23)15-18(22-20(21)24)17-8-3-2-4-9-17/h5-7,10,15,17H,2-4,8-9,11-14H2,1H3,(H,22,24). The van der Waals surface area contributed by atoms with Crippen LogP contribution >= 0.6 is 0 Å². The number of hydrogen-bond acceptors (Lipinski definition) is 3. The molecule has 0 bridgehead atoms. The number of carbonyl (C=O) groups excluding carboxylic acids is 1. The van der Waals surface area contributed by atoms with Crippen LogP contribution in [0.4, 0.5) is 0 Å². The Bertz CT molecular complexity index is 861. The van der Waals surface area contributed by atoms with E-state index in [1.54, 1.807) is 16.4 Å². The summed E-state index contributed by atoms with van der Waals surface area (Å²) in [5.41, 5.74) is 1.33. The Hall–Kier alpha value is -1.66. The van der Waals surface area contributed by atoms with E-state index in [9.17, 15) is 13.2 Å². The van der Waals surface area contributed by atoms with E-state index in [0.717, 1.165) is 24.1 Å². The normalized spacial score (nSPS) is 24.0. The van der Waals surface area contributed by atoms with Crippen molar-refractivity contribution in [1.29, 1.82) is 0 Å². The van der Waals surface area contributed by atoms with Gasteiger partial charge in [-0.2, -0.15) is 4.31 Å². The van der Waals surface area contributed by atoms with Gasteiger partial charge in [-0.1, -0.05) is 37.5 Å². The lowest BCUT2D eigenvalue weighted by atomic mass is 9.78. The number of benzene rings is 1. The second-order valence-corrected chi connectivity index (χ2v) is 10.1. The predicted octanol–water partition coefficient (Wildman–Crippen LogP) is 3.36. The molecule has 1 saturated carbocycles. The number of amides is 1. The SMILES string of the molecule is Cc1ccccc1S(=O)(=O)N1CCC2(C=C(C3CCCCC3)NC2=O)CC1. The highest BCUT2D eigenvalue weighted by Crippen LogP contribution is 2.42. The van der Waals surface area contributed by atoms with E-state index in [1.807, 2.05) is 19.1 Å². The van der Waals surface area contributed by atoms with Crippen LogP contribution in [0.5, 0.6) is 0 Å². The Morgan fingerprint density at radius 1 is 1.07 bits per heavy atom. The molecule has 2 heterocycles. The van der Waals surface area contributed by atoms with Crippen molar-refractivity contribution in [3.05, 3.63) is 41.6 Å². The third-order valence-electron chi connectivity index (χ3n) is 6.51. The molecular formula is C21H28N2O3S. The molecule has 1 N–H and O–H groups in total. The minimum absolute atomic E-state index is 0.0658. The Balaban J connectivity index is 1.50. The van der Waals surface area contributed by atoms with Gasteiger partial charge in [-0.15, -0.1) is 0 Å². The number of sulfonamides is 1. The van der Waals surface area contributed by atoms with E-state index < -0.39 is 15.4 Å². The van der Waals surface area contributed by atoms with Crippen LogP contribution in [0.3, 0.4) is 0 Å². The van der Waals surface area contributed by atoms with Gasteiger partial charge in [0.1, 0.15) is 0 Å². The monoisotopic (exact) mass is 388 g/mol. The first kappa shape index (κ1) is 18.7. The maximum absolute atomic E-state index is 13.0. The second kappa shape index (κ2) is 7.06. The number of piperidine rings is 1. The smallest absolute Gasteiger partial charge is 0.243 e. The summed E-state index contributed by atoms with van der Waals surface area (Å²) in [4.78, 5) is 13.1. The molecule has 3 aliphatic rings. The number of allylic oxidation sites excluding steroid dienone is 1. The quantitative estimate of drug-likeness (QED) is 0.863. The van der Waals surface area contributed by atoms with Crippen LogP contribution in [-0.2, 0) is 14.8 Å². The second-order valence-electron chi connectivity index (χ2n) is 8.21. The zero-order chi connectivity index (χ0) is 19.1. The molecule has 2 aliphatic heterocycles. The number of nitrogens with zero attached hydrogens (tertiary/aromatic N) is 1. The summed E-state index contributed by atoms with van der Waals surface area (Å²) in [5, 5.41) is 3.13. The van der Waals surface area contributed by atoms with Gasteiger partial charge in [0.15, 0.2) is 0 Å². The lowest BCUT2D eigenvalue weighted by Crippen LogP contribution is -2.46. The summed E-state index contributed by atoms with van der Waals surface area (Å²) in [6.07, 6.45) is 9.30. The first-order valence-corrected chi connectivity index (χ1v) is 11.5. The number of hydrogen-bond donors (Lipinski definition) is 1. The van der Waals surface area contributed by atoms with E-state index in [-0.39, 0.29) is 5.91 Å². The van der Waals surface area contributed by atoms with Crippen molar-refractivity contribution in [3.63, 3.8) is 0 Å². The largest absolute Gasteiger partial charge is 0.329 e. The molecule has 6 heteroatoms. The van der Waals surface area contributed by atoms with Crippen molar-refractivity contribution in [3.8, 4) is 0 Å². The van der Waals surface area contributed by atoms with Crippen LogP contribution in [0.15, 0.2) is 40.9 Å². The number of rotatable bonds is 3. The third-order valence-corrected chi connectivity index (χ3v) is 8.57. The fourth-order valence-electron chi connectivity index (χ4n) is 4.77. The van der Waals surface area contributed by atoms with Crippen molar-refractivity contribution in [2.75, 3.05) is 13.1 Å². The highest BCUT2D eigenvalue weighted by Gasteiger charge is 2.46. The van der Waals surface area contributed by atoms with E-state index in [0.29, 0.717) is 36.7 Å². The lowest BCUT2D eigenvalue weighted by molar-refractivity contribution is -0.128. The summed E-state index contributed by atoms with van der Waals surface area (Å²) in [7, 11) is -3.51. The molecule has 4 rings (SSSR count). The Kier molecular flexibility index (Phi) is 4.89. The topological polar surface area (TPSA) is 66.5 Å². The molecule has 2 fully saturated rings. The maximum atomic E-state index is 13.0. The Morgan fingerprint density at radius 2 is 1.74 bits per heavy atom. The molecule has 1 amide bonds. The molecule has 1 aliphatic carbocycles. The van der Waals surface area contributed by atoms with Crippen molar-refractivity contribution in [2.45, 2.75) is 56.8 Å². The van der Waals surface area contributed by atoms with Crippen LogP contribution in [0.1, 0.15) is 50.5 Å². The summed E-state index contributed by atoms with van der Waals surface area (Å²) in [6.45, 7) is 2.60. The molecule has 0 radical (unpaired) electrons. The van der Waals surface area contributed by atoms with Gasteiger partial charge in [0, 0.05) is 18.8 Å². The van der Waals surface area contributed by atoms with Gasteiger partial charge in [-0.05, 0) is 56.2 Å². The van der Waals surface area contributed by atoms with E-state index in [1.165, 1.54) is 19.3 Å². The summed E-state index contributed by atoms with van der Waals surface area (Å²) < 4.78 is 27.6. The van der Waals surface area contributed by atoms with Gasteiger partial charge in [-0.25, -0.2) is 8.42 Å². The third kappa shape index (κ3) is 3.34. The van der Waals surface area contributed by atoms with Crippen molar-refractivity contribution in [1.82, 2.24) is 9.62 Å². The number of carbonyl (C=O) groups is 1. The zero-order valence-corrected chi connectivity index (χ0v) is 16.7. The van der Waals surface area contributed by atoms with Crippen LogP contribution in [0.2, 0.25) is 0 Å². The molecule has 5 nitrogen and oxygen atoms in total. The molecule has 1 aromatic carbocycles. The van der Waals surface area contributed by atoms with E-state index in [4.69, 9.17) is 0 Å². The molecule has 1 saturated heterocycles. The minimum Gasteiger partial charge on any atom is -0.329 e. The fourth-order valence-corrected chi connectivity index (χ4v) is 6.44. The molecule has 146 valence electrons. The molecule has 1 spiro atoms. The van der Waals surface area contributed by atoms with Gasteiger partial charge in [0.05, 0.1) is 10.3 Å². The minimum atomic E-state index is -3.51. The predicted molar refractivity (Wildman–Crippen MR) is 104 cm³/mol. The van der Waals surface area contributed by atoms with Gasteiger partial charge in [-0.3, -0.25) is 4.79 Å². The molecule has 1 aromatic rings. The van der Waals surface area contributed by atoms with Crippen molar-refractivity contribution < 1.29 is 13.2 Å². The Morgan fingerprint density at radius 3 is 2.41 bits per heavy atom. The summed E-state index contributed by atoms with van der Waals surface area (Å²) in [6, 6.07) is 7.09. The average Bonchev–Trinajstić information content (AvgIpc) is 2.99. The highest BCUT2D eigenvalue weighted by molar-refractivity contribution is 7.89. The van der Waals surface area contributed by atoms with Crippen LogP contribution in [0, 0.1) is 18.3 Å². The van der Waals surface area contributed by atoms with E-state index >= 15 is 0 Å². The van der Waals surface area contributed by atoms with Crippen LogP contribution in [-0.4, -0.2) is 31.7 Å². The summed E-state index contributed by atoms with van der Waals surface area (Å²) >= 11 is 0. The highest BCUT2D eigenvalue weighted by atomic mass is 32.2. The fraction of sp³-hybridized carbons (Fsp3) is 0.571. The van der Waals surface area contributed by atoms with Crippen LogP contribution in [0.25, 0.3) is 0 Å². The molecule has 27 heavy (non-hydrogen) atoms. The first-order valence-electron chi connectivity index (χ1n) is 10.0. The van der Waals surface area contributed by atoms with Gasteiger partial charge in [0.25, 0.3) is 0 Å². The average molecular weight is 389 g/mol. The van der Waals surface area contributed by atoms with Gasteiger partial charge >= 0.3 is 0 Å². The molecule has 0 atom stereocenters. The van der Waals surface area contributed by atoms with Crippen LogP contribution < -0.4 is 5.32 Å². The zero-order valence-electron chi connectivity index (χ0n) is 15.9.